The lowest BCUT2D eigenvalue weighted by molar-refractivity contribution is 0.618. The van der Waals surface area contributed by atoms with Crippen LogP contribution in [-0.2, 0) is 12.8 Å². The van der Waals surface area contributed by atoms with E-state index in [1.807, 2.05) is 0 Å². The van der Waals surface area contributed by atoms with Crippen molar-refractivity contribution < 1.29 is 4.39 Å². The molecule has 4 heteroatoms. The van der Waals surface area contributed by atoms with E-state index in [1.165, 1.54) is 6.07 Å². The number of hydrogen-bond acceptors (Lipinski definition) is 2. The number of H-pyrrole nitrogens is 1. The van der Waals surface area contributed by atoms with Crippen molar-refractivity contribution in [1.29, 1.82) is 5.26 Å². The van der Waals surface area contributed by atoms with Crippen LogP contribution in [0.15, 0.2) is 18.2 Å². The number of aromatic nitrogens is 1. The minimum absolute atomic E-state index is 0.229. The number of rotatable bonds is 1. The second-order valence-corrected chi connectivity index (χ2v) is 5.85. The lowest BCUT2D eigenvalue weighted by atomic mass is 9.87. The Hall–Kier alpha value is -1.99. The van der Waals surface area contributed by atoms with Crippen molar-refractivity contribution in [2.45, 2.75) is 32.6 Å². The average molecular weight is 298 g/mol. The predicted octanol–water partition coefficient (Wildman–Crippen LogP) is 4.61. The van der Waals surface area contributed by atoms with Crippen LogP contribution in [0, 0.1) is 28.7 Å². The third-order valence-corrected chi connectivity index (χ3v) is 4.38. The van der Waals surface area contributed by atoms with Gasteiger partial charge in [0.15, 0.2) is 0 Å². The molecule has 1 heterocycles. The summed E-state index contributed by atoms with van der Waals surface area (Å²) < 4.78 is 14.0. The monoisotopic (exact) mass is 298 g/mol. The summed E-state index contributed by atoms with van der Waals surface area (Å²) in [4.78, 5) is 3.20. The van der Waals surface area contributed by atoms with E-state index in [1.54, 1.807) is 19.1 Å². The van der Waals surface area contributed by atoms with Gasteiger partial charge in [-0.3, -0.25) is 0 Å². The van der Waals surface area contributed by atoms with E-state index >= 15 is 0 Å². The Kier molecular flexibility index (Phi) is 3.60. The van der Waals surface area contributed by atoms with Crippen LogP contribution in [0.3, 0.4) is 0 Å². The van der Waals surface area contributed by atoms with Gasteiger partial charge in [0.25, 0.3) is 0 Å². The van der Waals surface area contributed by atoms with Gasteiger partial charge in [0.05, 0.1) is 5.56 Å². The molecule has 0 bridgehead atoms. The lowest BCUT2D eigenvalue weighted by Gasteiger charge is -2.21. The quantitative estimate of drug-likeness (QED) is 0.781. The number of hydrogen-bond donors (Lipinski definition) is 1. The van der Waals surface area contributed by atoms with Gasteiger partial charge >= 0.3 is 0 Å². The molecule has 0 amide bonds. The van der Waals surface area contributed by atoms with Crippen LogP contribution >= 0.6 is 12.2 Å². The standard InChI is InChI=1S/C17H15FN2S/c1-10-8-11(6-7-14(10)18)16-12-4-2-3-5-15(12)20-17(21)13(16)9-19/h6-8H,2-5H2,1H3,(H,20,21). The van der Waals surface area contributed by atoms with Gasteiger partial charge in [0.2, 0.25) is 0 Å². The van der Waals surface area contributed by atoms with E-state index in [-0.39, 0.29) is 5.82 Å². The Bertz CT molecular complexity index is 815. The van der Waals surface area contributed by atoms with Gasteiger partial charge in [-0.15, -0.1) is 0 Å². The topological polar surface area (TPSA) is 39.6 Å². The molecular formula is C17H15FN2S. The van der Waals surface area contributed by atoms with Crippen molar-refractivity contribution in [3.05, 3.63) is 51.0 Å². The predicted molar refractivity (Wildman–Crippen MR) is 83.1 cm³/mol. The summed E-state index contributed by atoms with van der Waals surface area (Å²) in [5.74, 6) is -0.229. The number of halogens is 1. The first-order chi connectivity index (χ1) is 10.1. The minimum Gasteiger partial charge on any atom is -0.349 e. The Balaban J connectivity index is 2.34. The van der Waals surface area contributed by atoms with Gasteiger partial charge in [0.1, 0.15) is 16.5 Å². The van der Waals surface area contributed by atoms with Gasteiger partial charge < -0.3 is 4.98 Å². The zero-order valence-corrected chi connectivity index (χ0v) is 12.6. The number of aryl methyl sites for hydroxylation is 2. The molecule has 1 aliphatic carbocycles. The highest BCUT2D eigenvalue weighted by molar-refractivity contribution is 7.71. The third kappa shape index (κ3) is 2.38. The van der Waals surface area contributed by atoms with Crippen molar-refractivity contribution in [3.8, 4) is 17.2 Å². The number of pyridine rings is 1. The molecule has 1 N–H and O–H groups in total. The van der Waals surface area contributed by atoms with E-state index < -0.39 is 0 Å². The molecule has 0 fully saturated rings. The average Bonchev–Trinajstić information content (AvgIpc) is 2.48. The fraction of sp³-hybridized carbons (Fsp3) is 0.294. The second-order valence-electron chi connectivity index (χ2n) is 5.44. The van der Waals surface area contributed by atoms with Crippen molar-refractivity contribution in [1.82, 2.24) is 4.98 Å². The first-order valence-corrected chi connectivity index (χ1v) is 7.47. The van der Waals surface area contributed by atoms with Crippen LogP contribution in [0.5, 0.6) is 0 Å². The van der Waals surface area contributed by atoms with Crippen LogP contribution in [-0.4, -0.2) is 4.98 Å². The van der Waals surface area contributed by atoms with Crippen LogP contribution < -0.4 is 0 Å². The Morgan fingerprint density at radius 3 is 2.76 bits per heavy atom. The summed E-state index contributed by atoms with van der Waals surface area (Å²) in [6.07, 6.45) is 4.13. The maximum atomic E-state index is 13.5. The molecule has 0 aliphatic heterocycles. The zero-order valence-electron chi connectivity index (χ0n) is 11.8. The van der Waals surface area contributed by atoms with Crippen molar-refractivity contribution in [2.24, 2.45) is 0 Å². The normalized spacial score (nSPS) is 13.6. The van der Waals surface area contributed by atoms with Crippen molar-refractivity contribution in [3.63, 3.8) is 0 Å². The van der Waals surface area contributed by atoms with Gasteiger partial charge in [-0.25, -0.2) is 4.39 Å². The van der Waals surface area contributed by atoms with Crippen LogP contribution in [0.4, 0.5) is 4.39 Å². The molecule has 21 heavy (non-hydrogen) atoms. The summed E-state index contributed by atoms with van der Waals surface area (Å²) in [7, 11) is 0. The van der Waals surface area contributed by atoms with Gasteiger partial charge in [0, 0.05) is 11.3 Å². The third-order valence-electron chi connectivity index (χ3n) is 4.07. The Labute approximate surface area is 128 Å². The molecule has 0 radical (unpaired) electrons. The number of nitrogens with zero attached hydrogens (tertiary/aromatic N) is 1. The largest absolute Gasteiger partial charge is 0.349 e. The molecule has 1 aliphatic rings. The summed E-state index contributed by atoms with van der Waals surface area (Å²) in [6, 6.07) is 7.22. The smallest absolute Gasteiger partial charge is 0.126 e. The summed E-state index contributed by atoms with van der Waals surface area (Å²) >= 11 is 5.33. The number of nitrogens with one attached hydrogen (secondary N) is 1. The first-order valence-electron chi connectivity index (χ1n) is 7.06. The fourth-order valence-electron chi connectivity index (χ4n) is 3.01. The molecule has 106 valence electrons. The summed E-state index contributed by atoms with van der Waals surface area (Å²) in [5, 5.41) is 9.48. The highest BCUT2D eigenvalue weighted by atomic mass is 32.1. The van der Waals surface area contributed by atoms with Crippen LogP contribution in [0.25, 0.3) is 11.1 Å². The molecule has 0 unspecified atom stereocenters. The Morgan fingerprint density at radius 2 is 2.05 bits per heavy atom. The number of benzene rings is 1. The highest BCUT2D eigenvalue weighted by Crippen LogP contribution is 2.34. The molecule has 2 aromatic rings. The maximum Gasteiger partial charge on any atom is 0.126 e. The van der Waals surface area contributed by atoms with Gasteiger partial charge in [-0.2, -0.15) is 5.26 Å². The number of aromatic amines is 1. The van der Waals surface area contributed by atoms with Gasteiger partial charge in [-0.1, -0.05) is 18.3 Å². The molecule has 3 rings (SSSR count). The zero-order chi connectivity index (χ0) is 15.0. The number of nitriles is 1. The van der Waals surface area contributed by atoms with Gasteiger partial charge in [-0.05, 0) is 61.4 Å². The molecule has 0 saturated carbocycles. The van der Waals surface area contributed by atoms with Crippen LogP contribution in [0.1, 0.15) is 35.2 Å². The molecular weight excluding hydrogens is 283 g/mol. The second kappa shape index (κ2) is 5.42. The molecule has 2 nitrogen and oxygen atoms in total. The van der Waals surface area contributed by atoms with Crippen molar-refractivity contribution in [2.75, 3.05) is 0 Å². The van der Waals surface area contributed by atoms with E-state index in [0.29, 0.717) is 15.8 Å². The van der Waals surface area contributed by atoms with Crippen molar-refractivity contribution >= 4 is 12.2 Å². The molecule has 0 saturated heterocycles. The summed E-state index contributed by atoms with van der Waals surface area (Å²) in [6.45, 7) is 1.74. The highest BCUT2D eigenvalue weighted by Gasteiger charge is 2.20. The summed E-state index contributed by atoms with van der Waals surface area (Å²) in [5.41, 5.74) is 5.14. The van der Waals surface area contributed by atoms with E-state index in [9.17, 15) is 9.65 Å². The lowest BCUT2D eigenvalue weighted by Crippen LogP contribution is -2.09. The minimum atomic E-state index is -0.229. The van der Waals surface area contributed by atoms with E-state index in [0.717, 1.165) is 48.1 Å². The SMILES string of the molecule is Cc1cc(-c2c3c([nH]c(=S)c2C#N)CCCC3)ccc1F. The molecule has 0 atom stereocenters. The molecule has 1 aromatic heterocycles. The van der Waals surface area contributed by atoms with E-state index in [4.69, 9.17) is 12.2 Å². The maximum absolute atomic E-state index is 13.5. The molecule has 1 aromatic carbocycles. The first kappa shape index (κ1) is 14.0. The Morgan fingerprint density at radius 1 is 1.29 bits per heavy atom. The van der Waals surface area contributed by atoms with E-state index in [2.05, 4.69) is 11.1 Å². The van der Waals surface area contributed by atoms with Crippen LogP contribution in [0.2, 0.25) is 0 Å². The number of fused-ring (bicyclic) bond motifs is 1. The molecule has 0 spiro atoms. The fourth-order valence-corrected chi connectivity index (χ4v) is 3.28.